The van der Waals surface area contributed by atoms with Crippen LogP contribution in [0.1, 0.15) is 12.6 Å². The van der Waals surface area contributed by atoms with Gasteiger partial charge in [-0.25, -0.2) is 0 Å². The van der Waals surface area contributed by atoms with Crippen LogP contribution in [0.5, 0.6) is 5.75 Å². The van der Waals surface area contributed by atoms with E-state index < -0.39 is 15.6 Å². The normalized spacial score (nSPS) is 14.9. The topological polar surface area (TPSA) is 60.7 Å². The first-order chi connectivity index (χ1) is 11.2. The van der Waals surface area contributed by atoms with Gasteiger partial charge in [-0.15, -0.1) is 0 Å². The maximum absolute atomic E-state index is 12.3. The lowest BCUT2D eigenvalue weighted by Gasteiger charge is -2.17. The predicted octanol–water partition coefficient (Wildman–Crippen LogP) is 3.21. The summed E-state index contributed by atoms with van der Waals surface area (Å²) < 4.78 is 65.1. The first-order valence-corrected chi connectivity index (χ1v) is 8.42. The smallest absolute Gasteiger partial charge is 0.376 e. The summed E-state index contributed by atoms with van der Waals surface area (Å²) in [5.41, 5.74) is -1.93. The van der Waals surface area contributed by atoms with Gasteiger partial charge in [-0.3, -0.25) is 4.99 Å². The van der Waals surface area contributed by atoms with E-state index in [1.807, 2.05) is 19.1 Å². The molecule has 2 heterocycles. The highest BCUT2D eigenvalue weighted by molar-refractivity contribution is 7.88. The van der Waals surface area contributed by atoms with E-state index in [0.29, 0.717) is 13.1 Å². The van der Waals surface area contributed by atoms with Crippen molar-refractivity contribution in [1.82, 2.24) is 4.57 Å². The van der Waals surface area contributed by atoms with Crippen LogP contribution in [0, 0.1) is 0 Å². The van der Waals surface area contributed by atoms with Crippen LogP contribution in [0.25, 0.3) is 11.3 Å². The number of nitrogens with zero attached hydrogens (tertiary/aromatic N) is 2. The van der Waals surface area contributed by atoms with E-state index >= 15 is 0 Å². The average molecular weight is 358 g/mol. The number of aliphatic imine (C=N–C) groups is 1. The molecule has 9 heteroatoms. The third kappa shape index (κ3) is 2.91. The molecule has 0 aliphatic carbocycles. The lowest BCUT2D eigenvalue weighted by Crippen LogP contribution is -2.28. The molecule has 0 bridgehead atoms. The van der Waals surface area contributed by atoms with E-state index in [1.54, 1.807) is 0 Å². The molecule has 0 saturated heterocycles. The number of benzene rings is 1. The van der Waals surface area contributed by atoms with Crippen molar-refractivity contribution in [2.75, 3.05) is 6.54 Å². The zero-order valence-electron chi connectivity index (χ0n) is 12.5. The van der Waals surface area contributed by atoms with Gasteiger partial charge < -0.3 is 8.75 Å². The van der Waals surface area contributed by atoms with Crippen LogP contribution in [0.15, 0.2) is 41.4 Å². The van der Waals surface area contributed by atoms with Crippen molar-refractivity contribution in [2.24, 2.45) is 4.99 Å². The van der Waals surface area contributed by atoms with Crippen molar-refractivity contribution in [2.45, 2.75) is 19.0 Å². The molecular formula is C15H13F3N2O3S. The molecule has 0 amide bonds. The van der Waals surface area contributed by atoms with Gasteiger partial charge in [0.15, 0.2) is 0 Å². The first kappa shape index (κ1) is 16.6. The number of rotatable bonds is 3. The summed E-state index contributed by atoms with van der Waals surface area (Å²) in [6.07, 6.45) is 0. The number of alkyl halides is 3. The zero-order chi connectivity index (χ0) is 17.5. The standard InChI is InChI=1S/C15H13F3N2O3S/c1-10-13-6-7-14(20(13)9-8-19-10)11-2-4-12(5-3-11)23-24(21,22)15(16,17)18/h2-7H,8-9H2,1H3. The van der Waals surface area contributed by atoms with Gasteiger partial charge >= 0.3 is 15.6 Å². The third-order valence-corrected chi connectivity index (χ3v) is 4.64. The Hall–Kier alpha value is -2.29. The highest BCUT2D eigenvalue weighted by Crippen LogP contribution is 2.30. The largest absolute Gasteiger partial charge is 0.534 e. The Kier molecular flexibility index (Phi) is 3.90. The number of hydrogen-bond donors (Lipinski definition) is 0. The van der Waals surface area contributed by atoms with Gasteiger partial charge in [-0.2, -0.15) is 21.6 Å². The minimum absolute atomic E-state index is 0.390. The van der Waals surface area contributed by atoms with Gasteiger partial charge in [0.1, 0.15) is 5.75 Å². The fourth-order valence-electron chi connectivity index (χ4n) is 2.53. The molecule has 5 nitrogen and oxygen atoms in total. The highest BCUT2D eigenvalue weighted by Gasteiger charge is 2.48. The quantitative estimate of drug-likeness (QED) is 0.625. The molecule has 2 aromatic rings. The van der Waals surface area contributed by atoms with Crippen LogP contribution in [0.4, 0.5) is 13.2 Å². The predicted molar refractivity (Wildman–Crippen MR) is 82.5 cm³/mol. The van der Waals surface area contributed by atoms with Crippen molar-refractivity contribution in [1.29, 1.82) is 0 Å². The monoisotopic (exact) mass is 358 g/mol. The van der Waals surface area contributed by atoms with E-state index in [2.05, 4.69) is 13.7 Å². The van der Waals surface area contributed by atoms with Crippen molar-refractivity contribution in [3.8, 4) is 17.0 Å². The molecule has 0 atom stereocenters. The average Bonchev–Trinajstić information content (AvgIpc) is 2.92. The second kappa shape index (κ2) is 5.66. The van der Waals surface area contributed by atoms with E-state index in [4.69, 9.17) is 0 Å². The van der Waals surface area contributed by atoms with Crippen molar-refractivity contribution >= 4 is 15.8 Å². The van der Waals surface area contributed by atoms with Crippen molar-refractivity contribution in [3.63, 3.8) is 0 Å². The summed E-state index contributed by atoms with van der Waals surface area (Å²) in [5, 5.41) is 0. The summed E-state index contributed by atoms with van der Waals surface area (Å²) in [4.78, 5) is 4.36. The molecule has 0 N–H and O–H groups in total. The van der Waals surface area contributed by atoms with Crippen LogP contribution in [-0.4, -0.2) is 30.7 Å². The summed E-state index contributed by atoms with van der Waals surface area (Å²) >= 11 is 0. The number of hydrogen-bond acceptors (Lipinski definition) is 4. The number of fused-ring (bicyclic) bond motifs is 1. The second-order valence-electron chi connectivity index (χ2n) is 5.23. The number of aromatic nitrogens is 1. The Bertz CT molecular complexity index is 897. The third-order valence-electron chi connectivity index (χ3n) is 3.66. The Balaban J connectivity index is 1.88. The molecule has 24 heavy (non-hydrogen) atoms. The van der Waals surface area contributed by atoms with E-state index in [-0.39, 0.29) is 5.75 Å². The molecule has 1 aromatic carbocycles. The Labute approximate surface area is 136 Å². The van der Waals surface area contributed by atoms with Gasteiger partial charge in [0, 0.05) is 12.2 Å². The molecule has 0 radical (unpaired) electrons. The Morgan fingerprint density at radius 3 is 2.33 bits per heavy atom. The summed E-state index contributed by atoms with van der Waals surface area (Å²) in [5.74, 6) is -0.390. The van der Waals surface area contributed by atoms with E-state index in [9.17, 15) is 21.6 Å². The number of halogens is 3. The lowest BCUT2D eigenvalue weighted by atomic mass is 10.1. The van der Waals surface area contributed by atoms with Gasteiger partial charge in [-0.05, 0) is 48.9 Å². The zero-order valence-corrected chi connectivity index (χ0v) is 13.4. The maximum atomic E-state index is 12.3. The van der Waals surface area contributed by atoms with Crippen molar-refractivity contribution in [3.05, 3.63) is 42.1 Å². The molecule has 0 unspecified atom stereocenters. The highest BCUT2D eigenvalue weighted by atomic mass is 32.2. The molecule has 1 aliphatic heterocycles. The van der Waals surface area contributed by atoms with Crippen LogP contribution in [0.2, 0.25) is 0 Å². The molecular weight excluding hydrogens is 345 g/mol. The first-order valence-electron chi connectivity index (χ1n) is 7.01. The fourth-order valence-corrected chi connectivity index (χ4v) is 2.99. The molecule has 0 spiro atoms. The van der Waals surface area contributed by atoms with E-state index in [1.165, 1.54) is 24.3 Å². The van der Waals surface area contributed by atoms with Crippen LogP contribution in [-0.2, 0) is 16.7 Å². The van der Waals surface area contributed by atoms with Gasteiger partial charge in [0.05, 0.1) is 18.0 Å². The molecule has 0 fully saturated rings. The fraction of sp³-hybridized carbons (Fsp3) is 0.267. The Morgan fingerprint density at radius 1 is 1.08 bits per heavy atom. The molecule has 1 aliphatic rings. The lowest BCUT2D eigenvalue weighted by molar-refractivity contribution is -0.0500. The van der Waals surface area contributed by atoms with Gasteiger partial charge in [-0.1, -0.05) is 0 Å². The molecule has 1 aromatic heterocycles. The van der Waals surface area contributed by atoms with Crippen LogP contribution < -0.4 is 4.18 Å². The van der Waals surface area contributed by atoms with E-state index in [0.717, 1.165) is 22.7 Å². The van der Waals surface area contributed by atoms with Gasteiger partial charge in [0.25, 0.3) is 0 Å². The van der Waals surface area contributed by atoms with Crippen LogP contribution in [0.3, 0.4) is 0 Å². The van der Waals surface area contributed by atoms with Crippen LogP contribution >= 0.6 is 0 Å². The summed E-state index contributed by atoms with van der Waals surface area (Å²) in [7, 11) is -5.66. The SMILES string of the molecule is CC1=NCCn2c1ccc2-c1ccc(OS(=O)(=O)C(F)(F)F)cc1. The second-order valence-corrected chi connectivity index (χ2v) is 6.77. The van der Waals surface area contributed by atoms with Gasteiger partial charge in [0.2, 0.25) is 0 Å². The summed E-state index contributed by atoms with van der Waals surface area (Å²) in [6, 6.07) is 9.24. The molecule has 0 saturated carbocycles. The van der Waals surface area contributed by atoms with Crippen molar-refractivity contribution < 1.29 is 25.8 Å². The molecule has 3 rings (SSSR count). The minimum atomic E-state index is -5.66. The summed E-state index contributed by atoms with van der Waals surface area (Å²) in [6.45, 7) is 3.27. The maximum Gasteiger partial charge on any atom is 0.534 e. The molecule has 128 valence electrons. The minimum Gasteiger partial charge on any atom is -0.376 e. The Morgan fingerprint density at radius 2 is 1.71 bits per heavy atom.